The van der Waals surface area contributed by atoms with Crippen molar-refractivity contribution in [1.29, 1.82) is 0 Å². The van der Waals surface area contributed by atoms with E-state index in [9.17, 15) is 9.90 Å². The highest BCUT2D eigenvalue weighted by Crippen LogP contribution is 2.77. The van der Waals surface area contributed by atoms with Crippen LogP contribution in [-0.4, -0.2) is 28.7 Å². The lowest BCUT2D eigenvalue weighted by Gasteiger charge is -2.52. The molecule has 3 nitrogen and oxygen atoms in total. The molecule has 5 aliphatic rings. The molecule has 0 amide bonds. The maximum Gasteiger partial charge on any atom is 0.133 e. The topological polar surface area (TPSA) is 49.8 Å². The fourth-order valence-corrected chi connectivity index (χ4v) is 8.10. The van der Waals surface area contributed by atoms with Crippen LogP contribution in [-0.2, 0) is 9.53 Å². The van der Waals surface area contributed by atoms with Crippen molar-refractivity contribution in [3.63, 3.8) is 0 Å². The Morgan fingerprint density at radius 2 is 1.87 bits per heavy atom. The molecule has 5 fully saturated rings. The summed E-state index contributed by atoms with van der Waals surface area (Å²) in [5, 5.41) is 10.2. The molecule has 0 aromatic carbocycles. The highest BCUT2D eigenvalue weighted by Gasteiger charge is 2.81. The van der Waals surface area contributed by atoms with E-state index in [0.717, 1.165) is 31.6 Å². The molecule has 4 aliphatic carbocycles. The molecule has 0 aromatic rings. The molecule has 1 saturated heterocycles. The number of fused-ring (bicyclic) bond motifs is 5. The van der Waals surface area contributed by atoms with Gasteiger partial charge < -0.3 is 9.84 Å². The fraction of sp³-hybridized carbons (Fsp3) is 0.950. The van der Waals surface area contributed by atoms with Crippen LogP contribution in [0.15, 0.2) is 0 Å². The Morgan fingerprint density at radius 3 is 2.61 bits per heavy atom. The number of aliphatic hydroxyl groups excluding tert-OH is 1. The normalized spacial score (nSPS) is 63.0. The maximum atomic E-state index is 12.2. The lowest BCUT2D eigenvalue weighted by atomic mass is 9.53. The molecule has 1 spiro atoms. The third-order valence-corrected chi connectivity index (χ3v) is 9.23. The van der Waals surface area contributed by atoms with E-state index in [0.29, 0.717) is 23.7 Å². The summed E-state index contributed by atoms with van der Waals surface area (Å²) < 4.78 is 6.39. The number of hydrogen-bond donors (Lipinski definition) is 1. The molecular formula is C20H30O3. The van der Waals surface area contributed by atoms with Crippen LogP contribution in [0.4, 0.5) is 0 Å². The van der Waals surface area contributed by atoms with Crippen molar-refractivity contribution < 1.29 is 14.6 Å². The second kappa shape index (κ2) is 4.22. The minimum atomic E-state index is -0.173. The average molecular weight is 318 g/mol. The lowest BCUT2D eigenvalue weighted by molar-refractivity contribution is -0.129. The summed E-state index contributed by atoms with van der Waals surface area (Å²) >= 11 is 0. The molecule has 1 heterocycles. The maximum absolute atomic E-state index is 12.2. The van der Waals surface area contributed by atoms with Gasteiger partial charge in [0.15, 0.2) is 0 Å². The zero-order chi connectivity index (χ0) is 16.2. The number of Topliss-reactive ketones (excluding diaryl/α,β-unsaturated/α-hetero) is 1. The van der Waals surface area contributed by atoms with Crippen LogP contribution in [0.2, 0.25) is 0 Å². The summed E-state index contributed by atoms with van der Waals surface area (Å²) in [7, 11) is 0. The van der Waals surface area contributed by atoms with Gasteiger partial charge in [0.25, 0.3) is 0 Å². The first-order valence-electron chi connectivity index (χ1n) is 9.70. The number of hydrogen-bond acceptors (Lipinski definition) is 3. The van der Waals surface area contributed by atoms with Crippen LogP contribution < -0.4 is 0 Å². The van der Waals surface area contributed by atoms with Crippen LogP contribution in [0.5, 0.6) is 0 Å². The summed E-state index contributed by atoms with van der Waals surface area (Å²) in [4.78, 5) is 12.2. The number of ketones is 1. The lowest BCUT2D eigenvalue weighted by Crippen LogP contribution is -2.49. The minimum absolute atomic E-state index is 0.0282. The van der Waals surface area contributed by atoms with Gasteiger partial charge in [-0.2, -0.15) is 0 Å². The first-order valence-corrected chi connectivity index (χ1v) is 9.70. The van der Waals surface area contributed by atoms with Gasteiger partial charge in [0, 0.05) is 17.8 Å². The van der Waals surface area contributed by atoms with E-state index in [1.807, 2.05) is 0 Å². The molecule has 3 heteroatoms. The van der Waals surface area contributed by atoms with Crippen molar-refractivity contribution in [2.24, 2.45) is 34.5 Å². The van der Waals surface area contributed by atoms with E-state index >= 15 is 0 Å². The smallest absolute Gasteiger partial charge is 0.133 e. The fourth-order valence-electron chi connectivity index (χ4n) is 8.10. The number of ether oxygens (including phenoxy) is 1. The minimum Gasteiger partial charge on any atom is -0.393 e. The number of rotatable bonds is 1. The molecule has 9 atom stereocenters. The van der Waals surface area contributed by atoms with Gasteiger partial charge in [0.2, 0.25) is 0 Å². The van der Waals surface area contributed by atoms with Gasteiger partial charge in [0.1, 0.15) is 11.4 Å². The largest absolute Gasteiger partial charge is 0.393 e. The first kappa shape index (κ1) is 14.9. The van der Waals surface area contributed by atoms with Gasteiger partial charge in [-0.05, 0) is 68.6 Å². The molecule has 0 bridgehead atoms. The van der Waals surface area contributed by atoms with Gasteiger partial charge >= 0.3 is 0 Å². The van der Waals surface area contributed by atoms with E-state index in [1.54, 1.807) is 6.92 Å². The Kier molecular flexibility index (Phi) is 2.73. The Balaban J connectivity index is 1.53. The molecule has 0 radical (unpaired) electrons. The quantitative estimate of drug-likeness (QED) is 0.754. The Labute approximate surface area is 139 Å². The van der Waals surface area contributed by atoms with Crippen LogP contribution in [0.25, 0.3) is 0 Å². The number of epoxide rings is 1. The zero-order valence-corrected chi connectivity index (χ0v) is 14.7. The van der Waals surface area contributed by atoms with Crippen molar-refractivity contribution in [2.75, 3.05) is 0 Å². The van der Waals surface area contributed by atoms with Gasteiger partial charge in [-0.1, -0.05) is 13.8 Å². The van der Waals surface area contributed by atoms with E-state index in [2.05, 4.69) is 13.8 Å². The zero-order valence-electron chi connectivity index (χ0n) is 14.7. The van der Waals surface area contributed by atoms with Gasteiger partial charge in [0.05, 0.1) is 12.2 Å². The van der Waals surface area contributed by atoms with E-state index in [-0.39, 0.29) is 28.5 Å². The van der Waals surface area contributed by atoms with E-state index in [4.69, 9.17) is 4.74 Å². The summed E-state index contributed by atoms with van der Waals surface area (Å²) in [6.45, 7) is 6.64. The van der Waals surface area contributed by atoms with E-state index in [1.165, 1.54) is 19.3 Å². The Morgan fingerprint density at radius 1 is 1.09 bits per heavy atom. The van der Waals surface area contributed by atoms with Gasteiger partial charge in [-0.3, -0.25) is 4.79 Å². The molecular weight excluding hydrogens is 288 g/mol. The summed E-state index contributed by atoms with van der Waals surface area (Å²) in [5.41, 5.74) is 0.430. The summed E-state index contributed by atoms with van der Waals surface area (Å²) in [5.74, 6) is 2.70. The molecule has 1 N–H and O–H groups in total. The monoisotopic (exact) mass is 318 g/mol. The molecule has 0 aromatic heterocycles. The van der Waals surface area contributed by atoms with Gasteiger partial charge in [-0.25, -0.2) is 0 Å². The standard InChI is InChI=1S/C20H30O3/c1-11(21)13-4-5-14-16-15(7-8-18(13,14)2)19(3)9-6-12(22)10-20(19)17(16)23-20/h12-17,22H,4-10H2,1-3H3/t12-,13-,14?,15?,16?,17-,18-,19-,20-/m1/s1. The van der Waals surface area contributed by atoms with Crippen molar-refractivity contribution >= 4 is 5.78 Å². The van der Waals surface area contributed by atoms with Crippen molar-refractivity contribution in [1.82, 2.24) is 0 Å². The predicted molar refractivity (Wildman–Crippen MR) is 86.8 cm³/mol. The van der Waals surface area contributed by atoms with E-state index < -0.39 is 0 Å². The number of carbonyl (C=O) groups is 1. The molecule has 23 heavy (non-hydrogen) atoms. The van der Waals surface area contributed by atoms with Crippen LogP contribution >= 0.6 is 0 Å². The van der Waals surface area contributed by atoms with Crippen molar-refractivity contribution in [3.8, 4) is 0 Å². The average Bonchev–Trinajstić information content (AvgIpc) is 3.00. The molecule has 4 saturated carbocycles. The predicted octanol–water partition coefficient (Wildman–Crippen LogP) is 3.34. The summed E-state index contributed by atoms with van der Waals surface area (Å²) in [6.07, 6.45) is 7.85. The van der Waals surface area contributed by atoms with Crippen LogP contribution in [0, 0.1) is 34.5 Å². The van der Waals surface area contributed by atoms with Gasteiger partial charge in [-0.15, -0.1) is 0 Å². The van der Waals surface area contributed by atoms with Crippen LogP contribution in [0.3, 0.4) is 0 Å². The van der Waals surface area contributed by atoms with Crippen molar-refractivity contribution in [3.05, 3.63) is 0 Å². The third-order valence-electron chi connectivity index (χ3n) is 9.23. The Hall–Kier alpha value is -0.410. The molecule has 1 aliphatic heterocycles. The summed E-state index contributed by atoms with van der Waals surface area (Å²) in [6, 6.07) is 0. The molecule has 5 rings (SSSR count). The third kappa shape index (κ3) is 1.53. The Bertz CT molecular complexity index is 573. The van der Waals surface area contributed by atoms with Crippen molar-refractivity contribution in [2.45, 2.75) is 83.5 Å². The number of carbonyl (C=O) groups excluding carboxylic acids is 1. The first-order chi connectivity index (χ1) is 10.8. The molecule has 128 valence electrons. The second-order valence-corrected chi connectivity index (χ2v) is 9.82. The molecule has 3 unspecified atom stereocenters. The SMILES string of the molecule is CC(=O)[C@H]1CCC2C3C(CC[C@@]21C)[C@@]1(C)CC[C@@H](O)C[C@]12O[C@H]32. The van der Waals surface area contributed by atoms with Crippen LogP contribution in [0.1, 0.15) is 65.7 Å². The second-order valence-electron chi connectivity index (χ2n) is 9.82. The highest BCUT2D eigenvalue weighted by molar-refractivity contribution is 5.79. The highest BCUT2D eigenvalue weighted by atomic mass is 16.6. The number of aliphatic hydroxyl groups is 1.